The third kappa shape index (κ3) is 5.23. The van der Waals surface area contributed by atoms with E-state index in [1.165, 1.54) is 0 Å². The summed E-state index contributed by atoms with van der Waals surface area (Å²) in [4.78, 5) is 36.9. The largest absolute Gasteiger partial charge is 0.341 e. The lowest BCUT2D eigenvalue weighted by Gasteiger charge is -2.21. The molecule has 0 radical (unpaired) electrons. The summed E-state index contributed by atoms with van der Waals surface area (Å²) in [5.41, 5.74) is 3.13. The van der Waals surface area contributed by atoms with Crippen LogP contribution < -0.4 is 5.32 Å². The molecule has 0 spiro atoms. The van der Waals surface area contributed by atoms with Crippen molar-refractivity contribution in [3.8, 4) is 11.3 Å². The first kappa shape index (κ1) is 21.8. The molecule has 1 N–H and O–H groups in total. The number of nitrogens with zero attached hydrogens (tertiary/aromatic N) is 4. The van der Waals surface area contributed by atoms with E-state index >= 15 is 0 Å². The fraction of sp³-hybridized carbons (Fsp3) is 0.250. The molecular formula is C24H24ClN5O2. The Morgan fingerprint density at radius 1 is 0.906 bits per heavy atom. The van der Waals surface area contributed by atoms with Gasteiger partial charge in [-0.05, 0) is 48.9 Å². The number of hydrogen-bond donors (Lipinski definition) is 1. The minimum absolute atomic E-state index is 0.0251. The van der Waals surface area contributed by atoms with Gasteiger partial charge in [0, 0.05) is 61.1 Å². The van der Waals surface area contributed by atoms with Crippen molar-refractivity contribution in [3.05, 3.63) is 71.4 Å². The highest BCUT2D eigenvalue weighted by molar-refractivity contribution is 6.30. The first-order chi connectivity index (χ1) is 15.5. The lowest BCUT2D eigenvalue weighted by molar-refractivity contribution is -0.128. The predicted molar refractivity (Wildman–Crippen MR) is 125 cm³/mol. The van der Waals surface area contributed by atoms with Crippen LogP contribution in [0, 0.1) is 0 Å². The number of anilines is 2. The normalized spacial score (nSPS) is 14.1. The van der Waals surface area contributed by atoms with Gasteiger partial charge in [-0.1, -0.05) is 23.7 Å². The Bertz CT molecular complexity index is 1100. The van der Waals surface area contributed by atoms with Crippen molar-refractivity contribution < 1.29 is 9.59 Å². The quantitative estimate of drug-likeness (QED) is 0.644. The van der Waals surface area contributed by atoms with E-state index < -0.39 is 0 Å². The summed E-state index contributed by atoms with van der Waals surface area (Å²) in [5, 5.41) is 3.86. The van der Waals surface area contributed by atoms with E-state index in [9.17, 15) is 9.59 Å². The molecule has 1 aliphatic heterocycles. The van der Waals surface area contributed by atoms with Gasteiger partial charge in [-0.3, -0.25) is 9.59 Å². The van der Waals surface area contributed by atoms with E-state index in [4.69, 9.17) is 11.6 Å². The molecule has 1 aromatic heterocycles. The smallest absolute Gasteiger partial charge is 0.253 e. The lowest BCUT2D eigenvalue weighted by atomic mass is 10.1. The van der Waals surface area contributed by atoms with Crippen molar-refractivity contribution in [3.63, 3.8) is 0 Å². The first-order valence-corrected chi connectivity index (χ1v) is 10.9. The van der Waals surface area contributed by atoms with Crippen LogP contribution in [0.3, 0.4) is 0 Å². The van der Waals surface area contributed by atoms with Gasteiger partial charge in [-0.2, -0.15) is 0 Å². The fourth-order valence-electron chi connectivity index (χ4n) is 3.64. The van der Waals surface area contributed by atoms with E-state index in [0.29, 0.717) is 42.7 Å². The number of hydrogen-bond acceptors (Lipinski definition) is 5. The molecule has 1 saturated heterocycles. The summed E-state index contributed by atoms with van der Waals surface area (Å²) in [6.07, 6.45) is 2.48. The Balaban J connectivity index is 1.42. The van der Waals surface area contributed by atoms with E-state index in [-0.39, 0.29) is 11.8 Å². The van der Waals surface area contributed by atoms with Gasteiger partial charge in [0.15, 0.2) is 0 Å². The third-order valence-corrected chi connectivity index (χ3v) is 5.66. The molecular weight excluding hydrogens is 426 g/mol. The maximum absolute atomic E-state index is 12.9. The molecule has 1 aliphatic rings. The topological polar surface area (TPSA) is 78.4 Å². The molecule has 0 saturated carbocycles. The number of nitrogens with one attached hydrogen (secondary N) is 1. The SMILES string of the molecule is CC(=O)N1CCCN(C(=O)c2ccc(Nc3nccc(-c4ccc(Cl)cc4)n3)cc2)CC1. The second kappa shape index (κ2) is 9.78. The van der Waals surface area contributed by atoms with Crippen LogP contribution in [-0.2, 0) is 4.79 Å². The van der Waals surface area contributed by atoms with Gasteiger partial charge in [0.1, 0.15) is 0 Å². The molecule has 1 fully saturated rings. The van der Waals surface area contributed by atoms with Gasteiger partial charge in [0.2, 0.25) is 11.9 Å². The highest BCUT2D eigenvalue weighted by Crippen LogP contribution is 2.22. The van der Waals surface area contributed by atoms with Gasteiger partial charge in [0.25, 0.3) is 5.91 Å². The van der Waals surface area contributed by atoms with Gasteiger partial charge in [-0.25, -0.2) is 9.97 Å². The van der Waals surface area contributed by atoms with Crippen molar-refractivity contribution in [1.82, 2.24) is 19.8 Å². The highest BCUT2D eigenvalue weighted by atomic mass is 35.5. The minimum Gasteiger partial charge on any atom is -0.341 e. The second-order valence-electron chi connectivity index (χ2n) is 7.63. The third-order valence-electron chi connectivity index (χ3n) is 5.41. The molecule has 0 atom stereocenters. The van der Waals surface area contributed by atoms with Crippen molar-refractivity contribution in [2.24, 2.45) is 0 Å². The Morgan fingerprint density at radius 2 is 1.59 bits per heavy atom. The van der Waals surface area contributed by atoms with Gasteiger partial charge < -0.3 is 15.1 Å². The second-order valence-corrected chi connectivity index (χ2v) is 8.06. The summed E-state index contributed by atoms with van der Waals surface area (Å²) in [5.74, 6) is 0.494. The van der Waals surface area contributed by atoms with Crippen LogP contribution in [0.25, 0.3) is 11.3 Å². The van der Waals surface area contributed by atoms with Gasteiger partial charge in [0.05, 0.1) is 5.69 Å². The zero-order chi connectivity index (χ0) is 22.5. The van der Waals surface area contributed by atoms with Gasteiger partial charge >= 0.3 is 0 Å². The first-order valence-electron chi connectivity index (χ1n) is 10.5. The van der Waals surface area contributed by atoms with Crippen LogP contribution in [0.15, 0.2) is 60.8 Å². The Kier molecular flexibility index (Phi) is 6.66. The Labute approximate surface area is 192 Å². The van der Waals surface area contributed by atoms with Crippen LogP contribution in [0.2, 0.25) is 5.02 Å². The fourth-order valence-corrected chi connectivity index (χ4v) is 3.77. The van der Waals surface area contributed by atoms with E-state index in [1.54, 1.807) is 30.2 Å². The zero-order valence-electron chi connectivity index (χ0n) is 17.8. The standard InChI is InChI=1S/C24H24ClN5O2/c1-17(31)29-13-2-14-30(16-15-29)23(32)19-5-9-21(10-6-19)27-24-26-12-11-22(28-24)18-3-7-20(25)8-4-18/h3-12H,2,13-16H2,1H3,(H,26,27,28). The molecule has 0 aliphatic carbocycles. The molecule has 7 nitrogen and oxygen atoms in total. The van der Waals surface area contributed by atoms with E-state index in [2.05, 4.69) is 15.3 Å². The molecule has 32 heavy (non-hydrogen) atoms. The highest BCUT2D eigenvalue weighted by Gasteiger charge is 2.21. The number of carbonyl (C=O) groups excluding carboxylic acids is 2. The molecule has 8 heteroatoms. The average molecular weight is 450 g/mol. The molecule has 2 heterocycles. The van der Waals surface area contributed by atoms with Crippen molar-refractivity contribution >= 4 is 35.1 Å². The van der Waals surface area contributed by atoms with Crippen LogP contribution >= 0.6 is 11.6 Å². The molecule has 0 unspecified atom stereocenters. The number of carbonyl (C=O) groups is 2. The number of rotatable bonds is 4. The number of amides is 2. The summed E-state index contributed by atoms with van der Waals surface area (Å²) in [6, 6.07) is 16.6. The van der Waals surface area contributed by atoms with E-state index in [1.807, 2.05) is 47.4 Å². The predicted octanol–water partition coefficient (Wildman–Crippen LogP) is 4.24. The maximum Gasteiger partial charge on any atom is 0.253 e. The number of aromatic nitrogens is 2. The van der Waals surface area contributed by atoms with Crippen molar-refractivity contribution in [2.75, 3.05) is 31.5 Å². The summed E-state index contributed by atoms with van der Waals surface area (Å²) in [7, 11) is 0. The van der Waals surface area contributed by atoms with Crippen molar-refractivity contribution in [2.45, 2.75) is 13.3 Å². The maximum atomic E-state index is 12.9. The lowest BCUT2D eigenvalue weighted by Crippen LogP contribution is -2.36. The van der Waals surface area contributed by atoms with E-state index in [0.717, 1.165) is 23.4 Å². The zero-order valence-corrected chi connectivity index (χ0v) is 18.5. The molecule has 3 aromatic rings. The molecule has 2 aromatic carbocycles. The number of benzene rings is 2. The molecule has 4 rings (SSSR count). The van der Waals surface area contributed by atoms with Crippen LogP contribution in [-0.4, -0.2) is 57.8 Å². The van der Waals surface area contributed by atoms with Crippen LogP contribution in [0.1, 0.15) is 23.7 Å². The summed E-state index contributed by atoms with van der Waals surface area (Å²) < 4.78 is 0. The monoisotopic (exact) mass is 449 g/mol. The van der Waals surface area contributed by atoms with Crippen LogP contribution in [0.4, 0.5) is 11.6 Å². The molecule has 164 valence electrons. The van der Waals surface area contributed by atoms with Gasteiger partial charge in [-0.15, -0.1) is 0 Å². The average Bonchev–Trinajstić information content (AvgIpc) is 3.06. The molecule has 2 amide bonds. The number of halogens is 1. The summed E-state index contributed by atoms with van der Waals surface area (Å²) >= 11 is 5.96. The molecule has 0 bridgehead atoms. The van der Waals surface area contributed by atoms with Crippen LogP contribution in [0.5, 0.6) is 0 Å². The van der Waals surface area contributed by atoms with Crippen molar-refractivity contribution in [1.29, 1.82) is 0 Å². The minimum atomic E-state index is -0.0251. The Morgan fingerprint density at radius 3 is 2.31 bits per heavy atom. The summed E-state index contributed by atoms with van der Waals surface area (Å²) in [6.45, 7) is 4.02. The Hall–Kier alpha value is -3.45.